The largest absolute Gasteiger partial charge is 0.466 e. The van der Waals surface area contributed by atoms with Gasteiger partial charge in [0.2, 0.25) is 5.91 Å². The van der Waals surface area contributed by atoms with E-state index >= 15 is 0 Å². The number of halogens is 1. The number of aliphatic hydroxyl groups excluding tert-OH is 1. The number of hydrogen-bond acceptors (Lipinski definition) is 6. The minimum atomic E-state index is -1.23. The Labute approximate surface area is 243 Å². The van der Waals surface area contributed by atoms with E-state index in [1.807, 2.05) is 56.3 Å². The van der Waals surface area contributed by atoms with Crippen molar-refractivity contribution in [2.75, 3.05) is 24.7 Å². The van der Waals surface area contributed by atoms with Gasteiger partial charge in [-0.25, -0.2) is 0 Å². The number of anilines is 1. The van der Waals surface area contributed by atoms with Crippen LogP contribution in [0, 0.1) is 17.8 Å². The zero-order chi connectivity index (χ0) is 28.8. The predicted octanol–water partition coefficient (Wildman–Crippen LogP) is 4.08. The zero-order valence-electron chi connectivity index (χ0n) is 23.2. The summed E-state index contributed by atoms with van der Waals surface area (Å²) < 4.78 is 12.0. The van der Waals surface area contributed by atoms with E-state index in [-0.39, 0.29) is 42.3 Å². The lowest BCUT2D eigenvalue weighted by atomic mass is 9.70. The van der Waals surface area contributed by atoms with Crippen molar-refractivity contribution in [2.45, 2.75) is 62.2 Å². The first kappa shape index (κ1) is 28.8. The van der Waals surface area contributed by atoms with Crippen molar-refractivity contribution in [2.24, 2.45) is 17.8 Å². The molecule has 0 aromatic heterocycles. The number of hydrogen-bond donors (Lipinski definition) is 1. The number of esters is 1. The van der Waals surface area contributed by atoms with Crippen LogP contribution in [0.4, 0.5) is 5.69 Å². The van der Waals surface area contributed by atoms with Crippen LogP contribution in [-0.4, -0.2) is 76.2 Å². The van der Waals surface area contributed by atoms with Crippen LogP contribution in [0.15, 0.2) is 55.1 Å². The fourth-order valence-electron chi connectivity index (χ4n) is 7.01. The maximum atomic E-state index is 14.8. The number of fused-ring (bicyclic) bond motifs is 2. The Morgan fingerprint density at radius 2 is 2.00 bits per heavy atom. The van der Waals surface area contributed by atoms with Crippen molar-refractivity contribution in [3.63, 3.8) is 0 Å². The number of aliphatic hydroxyl groups is 1. The summed E-state index contributed by atoms with van der Waals surface area (Å²) in [5.74, 6) is -2.70. The molecule has 3 heterocycles. The highest BCUT2D eigenvalue weighted by Gasteiger charge is 2.77. The van der Waals surface area contributed by atoms with Gasteiger partial charge < -0.3 is 24.4 Å². The number of carbonyl (C=O) groups is 3. The molecular weight excluding hydrogens is 576 g/mol. The molecule has 3 aliphatic rings. The second kappa shape index (κ2) is 11.3. The molecule has 5 rings (SSSR count). The molecule has 0 radical (unpaired) electrons. The summed E-state index contributed by atoms with van der Waals surface area (Å²) in [5, 5.41) is 12.5. The fraction of sp³-hybridized carbons (Fsp3) is 0.516. The van der Waals surface area contributed by atoms with Gasteiger partial charge in [0.25, 0.3) is 5.91 Å². The molecule has 2 aromatic rings. The van der Waals surface area contributed by atoms with Gasteiger partial charge in [0.15, 0.2) is 0 Å². The lowest BCUT2D eigenvalue weighted by molar-refractivity contribution is -0.155. The normalized spacial score (nSPS) is 29.6. The molecule has 0 aliphatic carbocycles. The molecule has 9 heteroatoms. The van der Waals surface area contributed by atoms with Crippen molar-refractivity contribution in [3.8, 4) is 0 Å². The molecule has 3 fully saturated rings. The first-order chi connectivity index (χ1) is 19.2. The predicted molar refractivity (Wildman–Crippen MR) is 156 cm³/mol. The van der Waals surface area contributed by atoms with Crippen molar-refractivity contribution < 1.29 is 29.0 Å². The van der Waals surface area contributed by atoms with Gasteiger partial charge in [0.05, 0.1) is 37.2 Å². The monoisotopic (exact) mass is 612 g/mol. The zero-order valence-corrected chi connectivity index (χ0v) is 24.7. The van der Waals surface area contributed by atoms with Crippen molar-refractivity contribution in [1.29, 1.82) is 0 Å². The highest BCUT2D eigenvalue weighted by molar-refractivity contribution is 9.09. The van der Waals surface area contributed by atoms with Gasteiger partial charge in [-0.15, -0.1) is 6.58 Å². The lowest BCUT2D eigenvalue weighted by Gasteiger charge is -2.39. The van der Waals surface area contributed by atoms with Crippen LogP contribution < -0.4 is 4.90 Å². The Kier molecular flexibility index (Phi) is 8.10. The van der Waals surface area contributed by atoms with Gasteiger partial charge in [0.1, 0.15) is 11.6 Å². The third kappa shape index (κ3) is 4.56. The minimum Gasteiger partial charge on any atom is -0.466 e. The Hall–Kier alpha value is -2.75. The Bertz CT molecular complexity index is 1320. The van der Waals surface area contributed by atoms with Gasteiger partial charge in [-0.1, -0.05) is 66.2 Å². The third-order valence-electron chi connectivity index (χ3n) is 8.49. The Balaban J connectivity index is 1.63. The number of likely N-dealkylation sites (tertiary alicyclic amines) is 1. The van der Waals surface area contributed by atoms with E-state index in [0.717, 1.165) is 10.8 Å². The first-order valence-electron chi connectivity index (χ1n) is 14.0. The molecule has 2 bridgehead atoms. The van der Waals surface area contributed by atoms with Crippen molar-refractivity contribution in [1.82, 2.24) is 4.90 Å². The van der Waals surface area contributed by atoms with Gasteiger partial charge >= 0.3 is 5.97 Å². The van der Waals surface area contributed by atoms with Crippen LogP contribution in [0.3, 0.4) is 0 Å². The minimum absolute atomic E-state index is 0.158. The Morgan fingerprint density at radius 3 is 2.65 bits per heavy atom. The fourth-order valence-corrected chi connectivity index (χ4v) is 7.95. The standard InChI is InChI=1S/C31H37BrN2O6/c1-5-13-33(21-12-11-19-9-7-8-10-20(19)15-21)29(37)27-31-16-23(32)26(40-31)24(30(38)39-6-2)25(31)28(36)34(27)22(17-35)14-18(3)4/h5,7-12,15,18,22-27,35H,1,6,13-14,16-17H2,2-4H3/t22-,23?,24+,25+,26+,27?,31?/m1/s1. The molecule has 214 valence electrons. The average Bonchev–Trinajstić information content (AvgIpc) is 3.53. The molecule has 7 atom stereocenters. The molecule has 1 N–H and O–H groups in total. The third-order valence-corrected chi connectivity index (χ3v) is 9.33. The van der Waals surface area contributed by atoms with Crippen LogP contribution in [0.25, 0.3) is 10.8 Å². The van der Waals surface area contributed by atoms with E-state index < -0.39 is 41.6 Å². The van der Waals surface area contributed by atoms with Crippen molar-refractivity contribution in [3.05, 3.63) is 55.1 Å². The molecule has 3 saturated heterocycles. The summed E-state index contributed by atoms with van der Waals surface area (Å²) in [7, 11) is 0. The van der Waals surface area contributed by atoms with Crippen LogP contribution in [0.2, 0.25) is 0 Å². The van der Waals surface area contributed by atoms with Gasteiger partial charge in [-0.3, -0.25) is 14.4 Å². The van der Waals surface area contributed by atoms with E-state index in [0.29, 0.717) is 18.5 Å². The number of alkyl halides is 1. The molecule has 2 amide bonds. The van der Waals surface area contributed by atoms with E-state index in [1.165, 1.54) is 4.90 Å². The van der Waals surface area contributed by atoms with Gasteiger partial charge in [0, 0.05) is 17.1 Å². The summed E-state index contributed by atoms with van der Waals surface area (Å²) in [4.78, 5) is 45.2. The van der Waals surface area contributed by atoms with Crippen LogP contribution in [0.5, 0.6) is 0 Å². The van der Waals surface area contributed by atoms with E-state index in [4.69, 9.17) is 9.47 Å². The van der Waals surface area contributed by atoms with Gasteiger partial charge in [-0.05, 0) is 48.6 Å². The van der Waals surface area contributed by atoms with Gasteiger partial charge in [-0.2, -0.15) is 0 Å². The maximum absolute atomic E-state index is 14.8. The number of rotatable bonds is 10. The molecular formula is C31H37BrN2O6. The number of carbonyl (C=O) groups excluding carboxylic acids is 3. The molecule has 1 spiro atoms. The highest BCUT2D eigenvalue weighted by Crippen LogP contribution is 2.61. The lowest BCUT2D eigenvalue weighted by Crippen LogP contribution is -2.59. The van der Waals surface area contributed by atoms with E-state index in [9.17, 15) is 19.5 Å². The SMILES string of the molecule is C=CCN(C(=O)C1N([C@@H](CO)CC(C)C)C(=O)[C@@H]2[C@H](C(=O)OCC)[C@H]3OC12CC3Br)c1ccc2ccccc2c1. The average molecular weight is 614 g/mol. The van der Waals surface area contributed by atoms with E-state index in [1.54, 1.807) is 17.9 Å². The quantitative estimate of drug-likeness (QED) is 0.247. The molecule has 2 aromatic carbocycles. The van der Waals surface area contributed by atoms with Crippen LogP contribution in [0.1, 0.15) is 33.6 Å². The number of amides is 2. The van der Waals surface area contributed by atoms with E-state index in [2.05, 4.69) is 22.5 Å². The topological polar surface area (TPSA) is 96.4 Å². The molecule has 40 heavy (non-hydrogen) atoms. The molecule has 8 nitrogen and oxygen atoms in total. The molecule has 3 aliphatic heterocycles. The number of benzene rings is 2. The number of ether oxygens (including phenoxy) is 2. The number of nitrogens with zero attached hydrogens (tertiary/aromatic N) is 2. The second-order valence-electron chi connectivity index (χ2n) is 11.4. The molecule has 0 saturated carbocycles. The Morgan fingerprint density at radius 1 is 1.27 bits per heavy atom. The second-order valence-corrected chi connectivity index (χ2v) is 12.6. The smallest absolute Gasteiger partial charge is 0.312 e. The van der Waals surface area contributed by atoms with Crippen molar-refractivity contribution >= 4 is 50.2 Å². The van der Waals surface area contributed by atoms with Crippen LogP contribution >= 0.6 is 15.9 Å². The summed E-state index contributed by atoms with van der Waals surface area (Å²) in [6.45, 7) is 9.72. The highest BCUT2D eigenvalue weighted by atomic mass is 79.9. The maximum Gasteiger partial charge on any atom is 0.312 e. The first-order valence-corrected chi connectivity index (χ1v) is 14.9. The summed E-state index contributed by atoms with van der Waals surface area (Å²) in [5.41, 5.74) is -0.560. The molecule has 3 unspecified atom stereocenters. The van der Waals surface area contributed by atoms with Crippen LogP contribution in [-0.2, 0) is 23.9 Å². The summed E-state index contributed by atoms with van der Waals surface area (Å²) >= 11 is 3.68. The summed E-state index contributed by atoms with van der Waals surface area (Å²) in [6.07, 6.45) is 1.95. The summed E-state index contributed by atoms with van der Waals surface area (Å²) in [6, 6.07) is 12.1.